The molecule has 1 aliphatic rings. The Bertz CT molecular complexity index is 142. The van der Waals surface area contributed by atoms with Gasteiger partial charge < -0.3 is 14.6 Å². The standard InChI is InChI=1S/C12H24O3/c1-2-3-4-5-6-7-11-9-15-12(8-13)10-14-11/h11-13H,2-10H2,1H3. The van der Waals surface area contributed by atoms with Crippen molar-refractivity contribution in [3.05, 3.63) is 0 Å². The lowest BCUT2D eigenvalue weighted by Gasteiger charge is -2.28. The van der Waals surface area contributed by atoms with Gasteiger partial charge in [0.2, 0.25) is 0 Å². The maximum absolute atomic E-state index is 8.85. The molecule has 0 aliphatic carbocycles. The number of rotatable bonds is 7. The van der Waals surface area contributed by atoms with Crippen molar-refractivity contribution in [1.29, 1.82) is 0 Å². The minimum Gasteiger partial charge on any atom is -0.394 e. The van der Waals surface area contributed by atoms with E-state index in [4.69, 9.17) is 14.6 Å². The van der Waals surface area contributed by atoms with Crippen molar-refractivity contribution >= 4 is 0 Å². The molecule has 1 N–H and O–H groups in total. The van der Waals surface area contributed by atoms with Crippen LogP contribution in [-0.2, 0) is 9.47 Å². The minimum absolute atomic E-state index is 0.0726. The minimum atomic E-state index is -0.0960. The first-order valence-corrected chi connectivity index (χ1v) is 6.21. The number of hydrogen-bond donors (Lipinski definition) is 1. The van der Waals surface area contributed by atoms with Gasteiger partial charge in [-0.2, -0.15) is 0 Å². The van der Waals surface area contributed by atoms with Gasteiger partial charge in [-0.3, -0.25) is 0 Å². The van der Waals surface area contributed by atoms with E-state index < -0.39 is 0 Å². The average Bonchev–Trinajstić information content (AvgIpc) is 2.30. The van der Waals surface area contributed by atoms with E-state index >= 15 is 0 Å². The second kappa shape index (κ2) is 8.08. The zero-order valence-corrected chi connectivity index (χ0v) is 9.78. The summed E-state index contributed by atoms with van der Waals surface area (Å²) in [5.41, 5.74) is 0. The van der Waals surface area contributed by atoms with E-state index in [1.54, 1.807) is 0 Å². The van der Waals surface area contributed by atoms with Crippen LogP contribution in [0.1, 0.15) is 45.4 Å². The van der Waals surface area contributed by atoms with Crippen molar-refractivity contribution in [3.8, 4) is 0 Å². The molecule has 0 spiro atoms. The molecular formula is C12H24O3. The van der Waals surface area contributed by atoms with E-state index in [2.05, 4.69) is 6.92 Å². The van der Waals surface area contributed by atoms with Crippen LogP contribution in [0.2, 0.25) is 0 Å². The summed E-state index contributed by atoms with van der Waals surface area (Å²) < 4.78 is 11.0. The zero-order valence-electron chi connectivity index (χ0n) is 9.78. The number of ether oxygens (including phenoxy) is 2. The number of aliphatic hydroxyl groups excluding tert-OH is 1. The lowest BCUT2D eigenvalue weighted by molar-refractivity contribution is -0.146. The van der Waals surface area contributed by atoms with Crippen molar-refractivity contribution in [2.75, 3.05) is 19.8 Å². The van der Waals surface area contributed by atoms with Crippen LogP contribution >= 0.6 is 0 Å². The Hall–Kier alpha value is -0.120. The van der Waals surface area contributed by atoms with E-state index in [0.717, 1.165) is 6.42 Å². The predicted molar refractivity (Wildman–Crippen MR) is 59.9 cm³/mol. The van der Waals surface area contributed by atoms with E-state index in [9.17, 15) is 0 Å². The fourth-order valence-corrected chi connectivity index (χ4v) is 1.83. The maximum Gasteiger partial charge on any atom is 0.104 e. The lowest BCUT2D eigenvalue weighted by Crippen LogP contribution is -2.37. The molecule has 0 radical (unpaired) electrons. The first-order valence-electron chi connectivity index (χ1n) is 6.21. The van der Waals surface area contributed by atoms with Crippen LogP contribution in [0.5, 0.6) is 0 Å². The van der Waals surface area contributed by atoms with Crippen LogP contribution in [-0.4, -0.2) is 37.1 Å². The summed E-state index contributed by atoms with van der Waals surface area (Å²) in [6.45, 7) is 3.51. The summed E-state index contributed by atoms with van der Waals surface area (Å²) in [6, 6.07) is 0. The molecule has 0 aromatic carbocycles. The highest BCUT2D eigenvalue weighted by atomic mass is 16.6. The highest BCUT2D eigenvalue weighted by Gasteiger charge is 2.20. The second-order valence-corrected chi connectivity index (χ2v) is 4.30. The summed E-state index contributed by atoms with van der Waals surface area (Å²) in [5, 5.41) is 8.85. The first kappa shape index (κ1) is 12.9. The van der Waals surface area contributed by atoms with Crippen molar-refractivity contribution in [1.82, 2.24) is 0 Å². The molecule has 2 unspecified atom stereocenters. The Morgan fingerprint density at radius 1 is 1.00 bits per heavy atom. The van der Waals surface area contributed by atoms with Crippen molar-refractivity contribution in [2.24, 2.45) is 0 Å². The van der Waals surface area contributed by atoms with E-state index in [-0.39, 0.29) is 18.8 Å². The van der Waals surface area contributed by atoms with Gasteiger partial charge in [-0.25, -0.2) is 0 Å². The molecule has 90 valence electrons. The van der Waals surface area contributed by atoms with Gasteiger partial charge in [0.1, 0.15) is 6.10 Å². The van der Waals surface area contributed by atoms with Gasteiger partial charge in [0, 0.05) is 0 Å². The molecule has 1 aliphatic heterocycles. The van der Waals surface area contributed by atoms with Gasteiger partial charge in [-0.05, 0) is 6.42 Å². The second-order valence-electron chi connectivity index (χ2n) is 4.30. The first-order chi connectivity index (χ1) is 7.36. The number of unbranched alkanes of at least 4 members (excludes halogenated alkanes) is 4. The van der Waals surface area contributed by atoms with Crippen LogP contribution in [0.15, 0.2) is 0 Å². The van der Waals surface area contributed by atoms with Crippen molar-refractivity contribution < 1.29 is 14.6 Å². The average molecular weight is 216 g/mol. The molecule has 2 atom stereocenters. The molecule has 1 saturated heterocycles. The van der Waals surface area contributed by atoms with Crippen LogP contribution in [0.25, 0.3) is 0 Å². The molecule has 3 heteroatoms. The van der Waals surface area contributed by atoms with E-state index in [0.29, 0.717) is 13.2 Å². The molecule has 0 amide bonds. The molecule has 0 bridgehead atoms. The zero-order chi connectivity index (χ0) is 10.9. The normalized spacial score (nSPS) is 26.8. The number of aliphatic hydroxyl groups is 1. The van der Waals surface area contributed by atoms with Gasteiger partial charge in [0.05, 0.1) is 25.9 Å². The summed E-state index contributed by atoms with van der Waals surface area (Å²) in [7, 11) is 0. The summed E-state index contributed by atoms with van der Waals surface area (Å²) >= 11 is 0. The Labute approximate surface area is 92.8 Å². The lowest BCUT2D eigenvalue weighted by atomic mass is 10.1. The largest absolute Gasteiger partial charge is 0.394 e. The van der Waals surface area contributed by atoms with Gasteiger partial charge in [-0.15, -0.1) is 0 Å². The molecule has 0 aromatic heterocycles. The Balaban J connectivity index is 1.94. The third-order valence-electron chi connectivity index (χ3n) is 2.87. The highest BCUT2D eigenvalue weighted by Crippen LogP contribution is 2.14. The van der Waals surface area contributed by atoms with Crippen LogP contribution in [0, 0.1) is 0 Å². The molecule has 1 fully saturated rings. The summed E-state index contributed by atoms with van der Waals surface area (Å²) in [6.07, 6.45) is 7.77. The third kappa shape index (κ3) is 5.50. The fourth-order valence-electron chi connectivity index (χ4n) is 1.83. The SMILES string of the molecule is CCCCCCCC1COC(CO)CO1. The van der Waals surface area contributed by atoms with E-state index in [1.165, 1.54) is 32.1 Å². The Morgan fingerprint density at radius 3 is 2.27 bits per heavy atom. The molecule has 1 heterocycles. The summed E-state index contributed by atoms with van der Waals surface area (Å²) in [4.78, 5) is 0. The van der Waals surface area contributed by atoms with Crippen molar-refractivity contribution in [2.45, 2.75) is 57.7 Å². The van der Waals surface area contributed by atoms with E-state index in [1.807, 2.05) is 0 Å². The topological polar surface area (TPSA) is 38.7 Å². The molecule has 3 nitrogen and oxygen atoms in total. The van der Waals surface area contributed by atoms with Gasteiger partial charge in [-0.1, -0.05) is 39.0 Å². The van der Waals surface area contributed by atoms with Crippen molar-refractivity contribution in [3.63, 3.8) is 0 Å². The Morgan fingerprint density at radius 2 is 1.67 bits per heavy atom. The maximum atomic E-state index is 8.85. The molecule has 1 rings (SSSR count). The van der Waals surface area contributed by atoms with Gasteiger partial charge in [0.25, 0.3) is 0 Å². The molecular weight excluding hydrogens is 192 g/mol. The van der Waals surface area contributed by atoms with Crippen LogP contribution in [0.3, 0.4) is 0 Å². The smallest absolute Gasteiger partial charge is 0.104 e. The Kier molecular flexibility index (Phi) is 6.98. The van der Waals surface area contributed by atoms with Gasteiger partial charge in [0.15, 0.2) is 0 Å². The molecule has 15 heavy (non-hydrogen) atoms. The van der Waals surface area contributed by atoms with Crippen LogP contribution < -0.4 is 0 Å². The van der Waals surface area contributed by atoms with Crippen LogP contribution in [0.4, 0.5) is 0 Å². The summed E-state index contributed by atoms with van der Waals surface area (Å²) in [5.74, 6) is 0. The monoisotopic (exact) mass is 216 g/mol. The molecule has 0 saturated carbocycles. The van der Waals surface area contributed by atoms with Gasteiger partial charge >= 0.3 is 0 Å². The molecule has 0 aromatic rings. The highest BCUT2D eigenvalue weighted by molar-refractivity contribution is 4.67. The predicted octanol–water partition coefficient (Wildman–Crippen LogP) is 2.12. The number of hydrogen-bond acceptors (Lipinski definition) is 3. The fraction of sp³-hybridized carbons (Fsp3) is 1.00. The quantitative estimate of drug-likeness (QED) is 0.662. The third-order valence-corrected chi connectivity index (χ3v) is 2.87.